The first-order chi connectivity index (χ1) is 8.10. The second-order valence-corrected chi connectivity index (χ2v) is 5.19. The minimum Gasteiger partial charge on any atom is -0.397 e. The van der Waals surface area contributed by atoms with Crippen LogP contribution < -0.4 is 11.1 Å². The van der Waals surface area contributed by atoms with E-state index in [4.69, 9.17) is 17.3 Å². The Balaban J connectivity index is 2.07. The minimum atomic E-state index is -0.426. The Kier molecular flexibility index (Phi) is 3.77. The van der Waals surface area contributed by atoms with Gasteiger partial charge in [0.25, 0.3) is 0 Å². The molecule has 1 aromatic carbocycles. The summed E-state index contributed by atoms with van der Waals surface area (Å²) in [5.41, 5.74) is 6.98. The molecule has 94 valence electrons. The van der Waals surface area contributed by atoms with E-state index in [-0.39, 0.29) is 5.02 Å². The predicted molar refractivity (Wildman–Crippen MR) is 70.9 cm³/mol. The number of hydrogen-bond donors (Lipinski definition) is 2. The average molecular weight is 257 g/mol. The van der Waals surface area contributed by atoms with Crippen molar-refractivity contribution in [2.45, 2.75) is 38.6 Å². The number of halogens is 2. The molecule has 1 aliphatic rings. The van der Waals surface area contributed by atoms with E-state index in [0.717, 1.165) is 18.8 Å². The van der Waals surface area contributed by atoms with Gasteiger partial charge in [0.2, 0.25) is 0 Å². The molecular weight excluding hydrogens is 239 g/mol. The maximum absolute atomic E-state index is 13.4. The molecule has 1 aromatic rings. The summed E-state index contributed by atoms with van der Waals surface area (Å²) in [4.78, 5) is 0. The fraction of sp³-hybridized carbons (Fsp3) is 0.538. The molecular formula is C13H18ClFN2. The second-order valence-electron chi connectivity index (χ2n) is 4.78. The van der Waals surface area contributed by atoms with Gasteiger partial charge in [-0.05, 0) is 24.8 Å². The molecule has 1 aliphatic carbocycles. The SMILES string of the molecule is CCC(CC1CC1)Nc1cc(F)c(Cl)cc1N. The van der Waals surface area contributed by atoms with Crippen molar-refractivity contribution in [2.75, 3.05) is 11.1 Å². The van der Waals surface area contributed by atoms with Gasteiger partial charge in [-0.25, -0.2) is 4.39 Å². The van der Waals surface area contributed by atoms with Crippen LogP contribution in [-0.4, -0.2) is 6.04 Å². The summed E-state index contributed by atoms with van der Waals surface area (Å²) in [6.07, 6.45) is 4.80. The lowest BCUT2D eigenvalue weighted by atomic mass is 10.1. The van der Waals surface area contributed by atoms with Crippen LogP contribution in [0.15, 0.2) is 12.1 Å². The zero-order valence-corrected chi connectivity index (χ0v) is 10.7. The second kappa shape index (κ2) is 5.13. The van der Waals surface area contributed by atoms with Crippen molar-refractivity contribution in [2.24, 2.45) is 5.92 Å². The molecule has 17 heavy (non-hydrogen) atoms. The van der Waals surface area contributed by atoms with Crippen molar-refractivity contribution in [1.82, 2.24) is 0 Å². The maximum atomic E-state index is 13.4. The van der Waals surface area contributed by atoms with Gasteiger partial charge in [0, 0.05) is 12.1 Å². The monoisotopic (exact) mass is 256 g/mol. The number of nitrogens with two attached hydrogens (primary N) is 1. The summed E-state index contributed by atoms with van der Waals surface area (Å²) in [5, 5.41) is 3.39. The number of rotatable bonds is 5. The van der Waals surface area contributed by atoms with E-state index in [0.29, 0.717) is 17.4 Å². The Morgan fingerprint density at radius 3 is 2.82 bits per heavy atom. The molecule has 0 amide bonds. The smallest absolute Gasteiger partial charge is 0.143 e. The molecule has 0 heterocycles. The highest BCUT2D eigenvalue weighted by Gasteiger charge is 2.25. The van der Waals surface area contributed by atoms with Gasteiger partial charge in [-0.2, -0.15) is 0 Å². The highest BCUT2D eigenvalue weighted by Crippen LogP contribution is 2.35. The van der Waals surface area contributed by atoms with Gasteiger partial charge in [0.15, 0.2) is 0 Å². The first-order valence-electron chi connectivity index (χ1n) is 6.11. The Hall–Kier alpha value is -0.960. The highest BCUT2D eigenvalue weighted by molar-refractivity contribution is 6.31. The zero-order valence-electron chi connectivity index (χ0n) is 9.97. The van der Waals surface area contributed by atoms with E-state index in [1.807, 2.05) is 0 Å². The molecule has 0 saturated heterocycles. The Bertz CT molecular complexity index is 405. The molecule has 0 aliphatic heterocycles. The van der Waals surface area contributed by atoms with Crippen molar-refractivity contribution < 1.29 is 4.39 Å². The standard InChI is InChI=1S/C13H18ClFN2/c1-2-9(5-8-3-4-8)17-13-7-11(15)10(14)6-12(13)16/h6-9,17H,2-5,16H2,1H3. The largest absolute Gasteiger partial charge is 0.397 e. The van der Waals surface area contributed by atoms with Crippen LogP contribution in [0.25, 0.3) is 0 Å². The Labute approximate surface area is 106 Å². The normalized spacial score (nSPS) is 16.9. The van der Waals surface area contributed by atoms with Gasteiger partial charge in [0.1, 0.15) is 5.82 Å². The third-order valence-electron chi connectivity index (χ3n) is 3.26. The molecule has 0 spiro atoms. The van der Waals surface area contributed by atoms with Crippen LogP contribution in [0.4, 0.5) is 15.8 Å². The van der Waals surface area contributed by atoms with Crippen LogP contribution in [0, 0.1) is 11.7 Å². The molecule has 4 heteroatoms. The van der Waals surface area contributed by atoms with E-state index in [1.54, 1.807) is 0 Å². The Morgan fingerprint density at radius 2 is 2.24 bits per heavy atom. The van der Waals surface area contributed by atoms with Gasteiger partial charge in [-0.3, -0.25) is 0 Å². The Morgan fingerprint density at radius 1 is 1.53 bits per heavy atom. The van der Waals surface area contributed by atoms with Crippen LogP contribution in [-0.2, 0) is 0 Å². The van der Waals surface area contributed by atoms with Crippen molar-refractivity contribution in [3.8, 4) is 0 Å². The summed E-state index contributed by atoms with van der Waals surface area (Å²) < 4.78 is 13.4. The highest BCUT2D eigenvalue weighted by atomic mass is 35.5. The summed E-state index contributed by atoms with van der Waals surface area (Å²) in [5.74, 6) is 0.412. The maximum Gasteiger partial charge on any atom is 0.143 e. The number of benzene rings is 1. The van der Waals surface area contributed by atoms with Crippen LogP contribution in [0.5, 0.6) is 0 Å². The minimum absolute atomic E-state index is 0.0725. The van der Waals surface area contributed by atoms with Crippen LogP contribution in [0.3, 0.4) is 0 Å². The number of nitrogen functional groups attached to an aromatic ring is 1. The lowest BCUT2D eigenvalue weighted by Crippen LogP contribution is -2.20. The molecule has 2 nitrogen and oxygen atoms in total. The topological polar surface area (TPSA) is 38.0 Å². The molecule has 1 fully saturated rings. The van der Waals surface area contributed by atoms with Crippen LogP contribution in [0.2, 0.25) is 5.02 Å². The van der Waals surface area contributed by atoms with Crippen LogP contribution >= 0.6 is 11.6 Å². The fourth-order valence-electron chi connectivity index (χ4n) is 1.99. The molecule has 0 aromatic heterocycles. The van der Waals surface area contributed by atoms with Gasteiger partial charge in [-0.15, -0.1) is 0 Å². The summed E-state index contributed by atoms with van der Waals surface area (Å²) in [7, 11) is 0. The quantitative estimate of drug-likeness (QED) is 0.780. The van der Waals surface area contributed by atoms with E-state index in [9.17, 15) is 4.39 Å². The molecule has 1 unspecified atom stereocenters. The number of hydrogen-bond acceptors (Lipinski definition) is 2. The summed E-state index contributed by atoms with van der Waals surface area (Å²) in [6, 6.07) is 3.21. The average Bonchev–Trinajstić information content (AvgIpc) is 3.08. The van der Waals surface area contributed by atoms with Crippen LogP contribution in [0.1, 0.15) is 32.6 Å². The van der Waals surface area contributed by atoms with Crippen molar-refractivity contribution in [1.29, 1.82) is 0 Å². The number of nitrogens with one attached hydrogen (secondary N) is 1. The fourth-order valence-corrected chi connectivity index (χ4v) is 2.16. The summed E-state index contributed by atoms with van der Waals surface area (Å²) >= 11 is 5.67. The number of anilines is 2. The first-order valence-corrected chi connectivity index (χ1v) is 6.49. The summed E-state index contributed by atoms with van der Waals surface area (Å²) in [6.45, 7) is 2.13. The van der Waals surface area contributed by atoms with E-state index < -0.39 is 5.82 Å². The molecule has 0 radical (unpaired) electrons. The first kappa shape index (κ1) is 12.5. The third kappa shape index (κ3) is 3.25. The van der Waals surface area contributed by atoms with Crippen molar-refractivity contribution in [3.05, 3.63) is 23.0 Å². The predicted octanol–water partition coefficient (Wildman–Crippen LogP) is 4.05. The molecule has 3 N–H and O–H groups in total. The van der Waals surface area contributed by atoms with E-state index in [2.05, 4.69) is 12.2 Å². The van der Waals surface area contributed by atoms with Gasteiger partial charge in [-0.1, -0.05) is 31.4 Å². The van der Waals surface area contributed by atoms with Crippen molar-refractivity contribution >= 4 is 23.0 Å². The molecule has 2 rings (SSSR count). The van der Waals surface area contributed by atoms with E-state index >= 15 is 0 Å². The van der Waals surface area contributed by atoms with Crippen molar-refractivity contribution in [3.63, 3.8) is 0 Å². The molecule has 1 atom stereocenters. The molecule has 0 bridgehead atoms. The molecule has 1 saturated carbocycles. The third-order valence-corrected chi connectivity index (χ3v) is 3.55. The van der Waals surface area contributed by atoms with Gasteiger partial charge >= 0.3 is 0 Å². The lowest BCUT2D eigenvalue weighted by Gasteiger charge is -2.19. The van der Waals surface area contributed by atoms with E-state index in [1.165, 1.54) is 25.0 Å². The zero-order chi connectivity index (χ0) is 12.4. The van der Waals surface area contributed by atoms with Gasteiger partial charge < -0.3 is 11.1 Å². The van der Waals surface area contributed by atoms with Gasteiger partial charge in [0.05, 0.1) is 16.4 Å². The lowest BCUT2D eigenvalue weighted by molar-refractivity contribution is 0.585.